The van der Waals surface area contributed by atoms with Gasteiger partial charge in [-0.1, -0.05) is 6.92 Å². The average Bonchev–Trinajstić information content (AvgIpc) is 2.97. The summed E-state index contributed by atoms with van der Waals surface area (Å²) in [6, 6.07) is 0. The van der Waals surface area contributed by atoms with Gasteiger partial charge in [-0.3, -0.25) is 4.99 Å². The predicted octanol–water partition coefficient (Wildman–Crippen LogP) is 1.70. The highest BCUT2D eigenvalue weighted by atomic mass is 16.6. The van der Waals surface area contributed by atoms with Crippen LogP contribution < -0.4 is 16.0 Å². The van der Waals surface area contributed by atoms with Crippen molar-refractivity contribution in [1.29, 1.82) is 0 Å². The largest absolute Gasteiger partial charge is 0.444 e. The van der Waals surface area contributed by atoms with Gasteiger partial charge in [0.1, 0.15) is 17.8 Å². The third-order valence-electron chi connectivity index (χ3n) is 3.47. The Bertz CT molecular complexity index is 617. The minimum absolute atomic E-state index is 0.411. The Kier molecular flexibility index (Phi) is 8.52. The van der Waals surface area contributed by atoms with Crippen LogP contribution in [0.25, 0.3) is 0 Å². The summed E-state index contributed by atoms with van der Waals surface area (Å²) in [5.41, 5.74) is -1.06. The summed E-state index contributed by atoms with van der Waals surface area (Å²) < 4.78 is 7.33. The van der Waals surface area contributed by atoms with E-state index in [1.807, 2.05) is 46.1 Å². The van der Waals surface area contributed by atoms with Gasteiger partial charge in [-0.2, -0.15) is 0 Å². The summed E-state index contributed by atoms with van der Waals surface area (Å²) in [4.78, 5) is 16.6. The molecule has 0 spiro atoms. The summed E-state index contributed by atoms with van der Waals surface area (Å²) in [6.45, 7) is 16.0. The van der Waals surface area contributed by atoms with Crippen molar-refractivity contribution in [1.82, 2.24) is 30.7 Å². The highest BCUT2D eigenvalue weighted by Gasteiger charge is 2.24. The summed E-state index contributed by atoms with van der Waals surface area (Å²) in [5, 5.41) is 17.4. The topological polar surface area (TPSA) is 105 Å². The van der Waals surface area contributed by atoms with Crippen LogP contribution in [-0.4, -0.2) is 57.6 Å². The molecule has 1 aromatic rings. The number of aromatic nitrogens is 3. The van der Waals surface area contributed by atoms with Crippen molar-refractivity contribution in [3.63, 3.8) is 0 Å². The van der Waals surface area contributed by atoms with Crippen LogP contribution in [0.2, 0.25) is 0 Å². The lowest BCUT2D eigenvalue weighted by Crippen LogP contribution is -2.49. The van der Waals surface area contributed by atoms with Crippen molar-refractivity contribution in [2.24, 2.45) is 4.99 Å². The molecule has 0 unspecified atom stereocenters. The summed E-state index contributed by atoms with van der Waals surface area (Å²) in [5.74, 6) is 1.66. The van der Waals surface area contributed by atoms with E-state index in [9.17, 15) is 4.79 Å². The smallest absolute Gasteiger partial charge is 0.408 e. The second-order valence-electron chi connectivity index (χ2n) is 7.93. The number of rotatable bonds is 8. The second kappa shape index (κ2) is 10.1. The lowest BCUT2D eigenvalue weighted by atomic mass is 10.1. The maximum atomic E-state index is 12.0. The van der Waals surface area contributed by atoms with Gasteiger partial charge in [0, 0.05) is 26.1 Å². The van der Waals surface area contributed by atoms with E-state index in [2.05, 4.69) is 38.1 Å². The van der Waals surface area contributed by atoms with Gasteiger partial charge in [-0.25, -0.2) is 4.79 Å². The molecular formula is C18H35N7O2. The molecule has 9 nitrogen and oxygen atoms in total. The Labute approximate surface area is 162 Å². The van der Waals surface area contributed by atoms with Crippen LogP contribution in [0.3, 0.4) is 0 Å². The van der Waals surface area contributed by atoms with Crippen molar-refractivity contribution >= 4 is 12.1 Å². The molecule has 27 heavy (non-hydrogen) atoms. The molecule has 0 aliphatic heterocycles. The zero-order valence-electron chi connectivity index (χ0n) is 17.7. The highest BCUT2D eigenvalue weighted by Crippen LogP contribution is 2.09. The highest BCUT2D eigenvalue weighted by molar-refractivity contribution is 5.79. The van der Waals surface area contributed by atoms with Gasteiger partial charge < -0.3 is 25.3 Å². The first-order valence-corrected chi connectivity index (χ1v) is 9.46. The molecule has 1 rings (SSSR count). The van der Waals surface area contributed by atoms with Crippen molar-refractivity contribution in [3.05, 3.63) is 12.2 Å². The molecule has 0 aromatic carbocycles. The predicted molar refractivity (Wildman–Crippen MR) is 107 cm³/mol. The number of ether oxygens (including phenoxy) is 1. The normalized spacial score (nSPS) is 12.6. The minimum Gasteiger partial charge on any atom is -0.444 e. The molecule has 154 valence electrons. The molecule has 9 heteroatoms. The van der Waals surface area contributed by atoms with Crippen LogP contribution in [0.1, 0.15) is 54.3 Å². The zero-order valence-corrected chi connectivity index (χ0v) is 17.7. The molecule has 0 aliphatic carbocycles. The third kappa shape index (κ3) is 9.25. The van der Waals surface area contributed by atoms with E-state index in [1.54, 1.807) is 6.33 Å². The van der Waals surface area contributed by atoms with Gasteiger partial charge in [0.05, 0.1) is 12.1 Å². The van der Waals surface area contributed by atoms with Crippen LogP contribution >= 0.6 is 0 Å². The SMILES string of the molecule is CCNC(=NCC(C)(C)NC(=O)OC(C)(C)C)NCCn1cnnc1CC. The minimum atomic E-state index is -0.533. The standard InChI is InChI=1S/C18H35N7O2/c1-8-14-24-22-13-25(14)11-10-20-15(19-9-2)21-12-18(6,7)23-16(26)27-17(3,4)5/h13H,8-12H2,1-7H3,(H,23,26)(H2,19,20,21). The van der Waals surface area contributed by atoms with E-state index in [0.29, 0.717) is 19.0 Å². The van der Waals surface area contributed by atoms with Crippen molar-refractivity contribution in [2.45, 2.75) is 72.6 Å². The Morgan fingerprint density at radius 3 is 2.52 bits per heavy atom. The maximum Gasteiger partial charge on any atom is 0.408 e. The maximum absolute atomic E-state index is 12.0. The van der Waals surface area contributed by atoms with Crippen LogP contribution in [0, 0.1) is 0 Å². The van der Waals surface area contributed by atoms with Crippen molar-refractivity contribution < 1.29 is 9.53 Å². The lowest BCUT2D eigenvalue weighted by Gasteiger charge is -2.27. The van der Waals surface area contributed by atoms with Crippen molar-refractivity contribution in [3.8, 4) is 0 Å². The van der Waals surface area contributed by atoms with E-state index in [-0.39, 0.29) is 0 Å². The van der Waals surface area contributed by atoms with Crippen molar-refractivity contribution in [2.75, 3.05) is 19.6 Å². The molecular weight excluding hydrogens is 346 g/mol. The van der Waals surface area contributed by atoms with E-state index >= 15 is 0 Å². The first kappa shape index (κ1) is 22.7. The van der Waals surface area contributed by atoms with Crippen LogP contribution in [0.15, 0.2) is 11.3 Å². The van der Waals surface area contributed by atoms with Gasteiger partial charge in [0.25, 0.3) is 0 Å². The number of alkyl carbamates (subject to hydrolysis) is 1. The molecule has 1 heterocycles. The number of aliphatic imine (C=N–C) groups is 1. The Hall–Kier alpha value is -2.32. The first-order chi connectivity index (χ1) is 12.6. The van der Waals surface area contributed by atoms with Gasteiger partial charge in [-0.15, -0.1) is 10.2 Å². The quantitative estimate of drug-likeness (QED) is 0.467. The number of guanidine groups is 1. The van der Waals surface area contributed by atoms with Gasteiger partial charge in [0.2, 0.25) is 0 Å². The molecule has 1 aromatic heterocycles. The fourth-order valence-corrected chi connectivity index (χ4v) is 2.27. The molecule has 0 aliphatic rings. The van der Waals surface area contributed by atoms with Crippen LogP contribution in [-0.2, 0) is 17.7 Å². The molecule has 0 bridgehead atoms. The van der Waals surface area contributed by atoms with Crippen LogP contribution in [0.4, 0.5) is 4.79 Å². The fourth-order valence-electron chi connectivity index (χ4n) is 2.27. The Balaban J connectivity index is 2.57. The number of aryl methyl sites for hydroxylation is 1. The lowest BCUT2D eigenvalue weighted by molar-refractivity contribution is 0.0476. The van der Waals surface area contributed by atoms with E-state index in [4.69, 9.17) is 4.74 Å². The first-order valence-electron chi connectivity index (χ1n) is 9.46. The number of nitrogens with one attached hydrogen (secondary N) is 3. The average molecular weight is 382 g/mol. The second-order valence-corrected chi connectivity index (χ2v) is 7.93. The molecule has 0 saturated carbocycles. The van der Waals surface area contributed by atoms with E-state index < -0.39 is 17.2 Å². The summed E-state index contributed by atoms with van der Waals surface area (Å²) >= 11 is 0. The Morgan fingerprint density at radius 2 is 1.93 bits per heavy atom. The number of hydrogen-bond donors (Lipinski definition) is 3. The number of amides is 1. The number of carbonyl (C=O) groups excluding carboxylic acids is 1. The number of carbonyl (C=O) groups is 1. The fraction of sp³-hybridized carbons (Fsp3) is 0.778. The van der Waals surface area contributed by atoms with E-state index in [0.717, 1.165) is 25.3 Å². The van der Waals surface area contributed by atoms with Gasteiger partial charge in [-0.05, 0) is 41.5 Å². The Morgan fingerprint density at radius 1 is 1.22 bits per heavy atom. The molecule has 0 atom stereocenters. The molecule has 0 saturated heterocycles. The monoisotopic (exact) mass is 381 g/mol. The number of hydrogen-bond acceptors (Lipinski definition) is 5. The van der Waals surface area contributed by atoms with Crippen LogP contribution in [0.5, 0.6) is 0 Å². The number of nitrogens with zero attached hydrogens (tertiary/aromatic N) is 4. The van der Waals surface area contributed by atoms with E-state index in [1.165, 1.54) is 0 Å². The molecule has 0 fully saturated rings. The summed E-state index contributed by atoms with van der Waals surface area (Å²) in [6.07, 6.45) is 2.14. The van der Waals surface area contributed by atoms with Gasteiger partial charge >= 0.3 is 6.09 Å². The van der Waals surface area contributed by atoms with Gasteiger partial charge in [0.15, 0.2) is 5.96 Å². The molecule has 3 N–H and O–H groups in total. The molecule has 1 amide bonds. The third-order valence-corrected chi connectivity index (χ3v) is 3.47. The zero-order chi connectivity index (χ0) is 20.5. The summed E-state index contributed by atoms with van der Waals surface area (Å²) in [7, 11) is 0. The molecule has 0 radical (unpaired) electrons.